The topological polar surface area (TPSA) is 31.2 Å². The van der Waals surface area contributed by atoms with Crippen LogP contribution >= 0.6 is 0 Å². The zero-order chi connectivity index (χ0) is 12.1. The van der Waals surface area contributed by atoms with E-state index in [1.807, 2.05) is 12.1 Å². The van der Waals surface area contributed by atoms with Crippen molar-refractivity contribution in [1.82, 2.24) is 4.73 Å². The maximum absolute atomic E-state index is 11.4. The number of aromatic nitrogens is 1. The second-order valence-electron chi connectivity index (χ2n) is 3.81. The number of nitrogens with zero attached hydrogens (tertiary/aromatic N) is 1. The van der Waals surface area contributed by atoms with E-state index in [-0.39, 0.29) is 5.56 Å². The highest BCUT2D eigenvalue weighted by Gasteiger charge is 1.97. The maximum atomic E-state index is 11.4. The summed E-state index contributed by atoms with van der Waals surface area (Å²) in [7, 11) is 0. The third kappa shape index (κ3) is 2.97. The summed E-state index contributed by atoms with van der Waals surface area (Å²) in [4.78, 5) is 16.8. The molecule has 3 heteroatoms. The fraction of sp³-hybridized carbons (Fsp3) is 0.214. The van der Waals surface area contributed by atoms with Crippen molar-refractivity contribution in [2.45, 2.75) is 20.0 Å². The Morgan fingerprint density at radius 1 is 1.12 bits per heavy atom. The van der Waals surface area contributed by atoms with E-state index in [4.69, 9.17) is 4.84 Å². The van der Waals surface area contributed by atoms with E-state index in [9.17, 15) is 4.79 Å². The Balaban J connectivity index is 2.07. The summed E-state index contributed by atoms with van der Waals surface area (Å²) in [6, 6.07) is 13.1. The van der Waals surface area contributed by atoms with Crippen molar-refractivity contribution in [3.63, 3.8) is 0 Å². The van der Waals surface area contributed by atoms with Crippen LogP contribution in [0.5, 0.6) is 0 Å². The quantitative estimate of drug-likeness (QED) is 0.803. The van der Waals surface area contributed by atoms with E-state index >= 15 is 0 Å². The van der Waals surface area contributed by atoms with E-state index in [0.717, 1.165) is 12.0 Å². The first kappa shape index (κ1) is 11.5. The lowest BCUT2D eigenvalue weighted by atomic mass is 10.1. The predicted octanol–water partition coefficient (Wildman–Crippen LogP) is 2.04. The highest BCUT2D eigenvalue weighted by molar-refractivity contribution is 5.22. The lowest BCUT2D eigenvalue weighted by Crippen LogP contribution is -2.24. The second kappa shape index (κ2) is 5.34. The van der Waals surface area contributed by atoms with E-state index in [0.29, 0.717) is 6.61 Å². The standard InChI is InChI=1S/C14H15NO2/c1-2-12-6-5-7-13(10-12)11-17-15-9-4-3-8-14(15)16/h3-10H,2,11H2,1H3. The third-order valence-corrected chi connectivity index (χ3v) is 2.56. The smallest absolute Gasteiger partial charge is 0.282 e. The van der Waals surface area contributed by atoms with Gasteiger partial charge in [0.2, 0.25) is 0 Å². The Bertz CT molecular complexity index is 546. The van der Waals surface area contributed by atoms with Gasteiger partial charge in [-0.3, -0.25) is 4.79 Å². The zero-order valence-corrected chi connectivity index (χ0v) is 9.80. The Kier molecular flexibility index (Phi) is 3.60. The Hall–Kier alpha value is -2.03. The number of aryl methyl sites for hydroxylation is 1. The monoisotopic (exact) mass is 229 g/mol. The molecule has 0 bridgehead atoms. The molecule has 1 aromatic heterocycles. The summed E-state index contributed by atoms with van der Waals surface area (Å²) >= 11 is 0. The fourth-order valence-electron chi connectivity index (χ4n) is 1.60. The summed E-state index contributed by atoms with van der Waals surface area (Å²) in [5.41, 5.74) is 2.19. The van der Waals surface area contributed by atoms with E-state index < -0.39 is 0 Å². The van der Waals surface area contributed by atoms with Crippen LogP contribution in [0.1, 0.15) is 18.1 Å². The molecule has 0 atom stereocenters. The number of rotatable bonds is 4. The van der Waals surface area contributed by atoms with Crippen LogP contribution in [0.2, 0.25) is 0 Å². The van der Waals surface area contributed by atoms with Gasteiger partial charge in [-0.2, -0.15) is 4.73 Å². The van der Waals surface area contributed by atoms with Crippen molar-refractivity contribution in [1.29, 1.82) is 0 Å². The van der Waals surface area contributed by atoms with Crippen LogP contribution in [0.25, 0.3) is 0 Å². The highest BCUT2D eigenvalue weighted by atomic mass is 16.7. The highest BCUT2D eigenvalue weighted by Crippen LogP contribution is 2.05. The molecular weight excluding hydrogens is 214 g/mol. The minimum atomic E-state index is -0.154. The van der Waals surface area contributed by atoms with Crippen molar-refractivity contribution in [2.75, 3.05) is 0 Å². The third-order valence-electron chi connectivity index (χ3n) is 2.56. The van der Waals surface area contributed by atoms with Gasteiger partial charge in [-0.25, -0.2) is 0 Å². The van der Waals surface area contributed by atoms with Crippen molar-refractivity contribution >= 4 is 0 Å². The van der Waals surface area contributed by atoms with Gasteiger partial charge in [0.05, 0.1) is 0 Å². The predicted molar refractivity (Wildman–Crippen MR) is 66.8 cm³/mol. The van der Waals surface area contributed by atoms with Gasteiger partial charge in [0.15, 0.2) is 0 Å². The lowest BCUT2D eigenvalue weighted by Gasteiger charge is -2.08. The molecule has 0 amide bonds. The summed E-state index contributed by atoms with van der Waals surface area (Å²) in [6.07, 6.45) is 2.62. The molecule has 2 rings (SSSR count). The summed E-state index contributed by atoms with van der Waals surface area (Å²) in [6.45, 7) is 2.51. The van der Waals surface area contributed by atoms with Crippen LogP contribution in [-0.4, -0.2) is 4.73 Å². The first-order chi connectivity index (χ1) is 8.29. The van der Waals surface area contributed by atoms with Crippen molar-refractivity contribution in [2.24, 2.45) is 0 Å². The van der Waals surface area contributed by atoms with Crippen LogP contribution in [-0.2, 0) is 13.0 Å². The van der Waals surface area contributed by atoms with Crippen LogP contribution in [0.15, 0.2) is 53.5 Å². The zero-order valence-electron chi connectivity index (χ0n) is 9.80. The lowest BCUT2D eigenvalue weighted by molar-refractivity contribution is 0.0891. The number of pyridine rings is 1. The molecule has 0 aliphatic carbocycles. The van der Waals surface area contributed by atoms with Crippen LogP contribution < -0.4 is 10.4 Å². The van der Waals surface area contributed by atoms with Gasteiger partial charge in [-0.1, -0.05) is 37.3 Å². The molecule has 2 aromatic rings. The molecule has 1 heterocycles. The van der Waals surface area contributed by atoms with Crippen molar-refractivity contribution in [3.8, 4) is 0 Å². The van der Waals surface area contributed by atoms with Crippen LogP contribution in [0.3, 0.4) is 0 Å². The number of hydrogen-bond acceptors (Lipinski definition) is 2. The van der Waals surface area contributed by atoms with Gasteiger partial charge in [0.1, 0.15) is 6.61 Å². The molecule has 0 aliphatic rings. The molecule has 0 radical (unpaired) electrons. The molecule has 0 saturated heterocycles. The van der Waals surface area contributed by atoms with Gasteiger partial charge < -0.3 is 4.84 Å². The normalized spacial score (nSPS) is 10.2. The summed E-state index contributed by atoms with van der Waals surface area (Å²) < 4.78 is 1.25. The number of hydrogen-bond donors (Lipinski definition) is 0. The Morgan fingerprint density at radius 3 is 2.71 bits per heavy atom. The average molecular weight is 229 g/mol. The average Bonchev–Trinajstić information content (AvgIpc) is 2.38. The first-order valence-electron chi connectivity index (χ1n) is 5.68. The summed E-state index contributed by atoms with van der Waals surface area (Å²) in [5, 5.41) is 0. The van der Waals surface area contributed by atoms with Crippen LogP contribution in [0.4, 0.5) is 0 Å². The molecule has 88 valence electrons. The SMILES string of the molecule is CCc1cccc(COn2ccccc2=O)c1. The largest absolute Gasteiger partial charge is 0.406 e. The molecule has 0 saturated carbocycles. The van der Waals surface area contributed by atoms with Crippen LogP contribution in [0, 0.1) is 0 Å². The van der Waals surface area contributed by atoms with E-state index in [2.05, 4.69) is 19.1 Å². The van der Waals surface area contributed by atoms with Gasteiger partial charge in [0, 0.05) is 12.3 Å². The van der Waals surface area contributed by atoms with Gasteiger partial charge in [-0.05, 0) is 23.6 Å². The maximum Gasteiger partial charge on any atom is 0.282 e. The molecule has 0 fully saturated rings. The molecule has 0 spiro atoms. The fourth-order valence-corrected chi connectivity index (χ4v) is 1.60. The van der Waals surface area contributed by atoms with Gasteiger partial charge in [-0.15, -0.1) is 0 Å². The van der Waals surface area contributed by atoms with Gasteiger partial charge >= 0.3 is 0 Å². The Labute approximate surface area is 100 Å². The molecule has 17 heavy (non-hydrogen) atoms. The van der Waals surface area contributed by atoms with Gasteiger partial charge in [0.25, 0.3) is 5.56 Å². The summed E-state index contributed by atoms with van der Waals surface area (Å²) in [5.74, 6) is 0. The molecule has 1 aromatic carbocycles. The first-order valence-corrected chi connectivity index (χ1v) is 5.68. The number of benzene rings is 1. The van der Waals surface area contributed by atoms with Crippen molar-refractivity contribution in [3.05, 3.63) is 70.1 Å². The van der Waals surface area contributed by atoms with E-state index in [1.54, 1.807) is 18.3 Å². The molecule has 0 N–H and O–H groups in total. The second-order valence-corrected chi connectivity index (χ2v) is 3.81. The van der Waals surface area contributed by atoms with Crippen molar-refractivity contribution < 1.29 is 4.84 Å². The minimum absolute atomic E-state index is 0.154. The molecule has 0 aliphatic heterocycles. The molecule has 3 nitrogen and oxygen atoms in total. The molecular formula is C14H15NO2. The Morgan fingerprint density at radius 2 is 1.94 bits per heavy atom. The van der Waals surface area contributed by atoms with E-state index in [1.165, 1.54) is 16.4 Å². The minimum Gasteiger partial charge on any atom is -0.406 e. The molecule has 0 unspecified atom stereocenters.